The zero-order chi connectivity index (χ0) is 47.6. The number of aliphatic hydroxyl groups is 2. The Kier molecular flexibility index (Phi) is 44.4. The smallest absolute Gasteiger partial charge is 0.217 e. The molecule has 0 rings (SSSR count). The highest BCUT2D eigenvalue weighted by atomic mass is 32.3. The van der Waals surface area contributed by atoms with E-state index in [4.69, 9.17) is 0 Å². The van der Waals surface area contributed by atoms with E-state index < -0.39 is 22.6 Å². The largest absolute Gasteiger partial charge is 0.726 e. The van der Waals surface area contributed by atoms with Gasteiger partial charge in [0.05, 0.1) is 39.3 Å². The standard InChI is InChI=1S/C51H103N2O4.CH4O4S/c1-8-10-12-14-16-18-20-22-24-26-28-30-32-34-36-38-50(56)46(3)42-52(43-48(5)54)40-41-53(7,45-49(6)55)44-47(4)51(57)39-37-35-33-31-29-27-25-23-21-19-17-15-13-11-9-2;1-5-6(2,3)4/h46-49,54-55H,8-45H2,1-7H3;1H3,(H,2,3,4)/q+1;/p-1. The highest BCUT2D eigenvalue weighted by Crippen LogP contribution is 2.19. The Labute approximate surface area is 391 Å². The maximum Gasteiger partial charge on any atom is 0.217 e. The summed E-state index contributed by atoms with van der Waals surface area (Å²) in [5.74, 6) is 0.556. The molecule has 0 aromatic rings. The van der Waals surface area contributed by atoms with Crippen LogP contribution < -0.4 is 0 Å². The van der Waals surface area contributed by atoms with Crippen LogP contribution in [-0.2, 0) is 24.2 Å². The molecule has 378 valence electrons. The number of hydrogen-bond acceptors (Lipinski definition) is 9. The SMILES string of the molecule is CCCCCCCCCCCCCCCCCC(=O)C(C)CN(CC[N+](C)(CC(C)O)CC(C)C(=O)CCCCCCCCCCCCCCCCC)CC(C)O.COS(=O)(=O)[O-]. The first kappa shape index (κ1) is 64.1. The van der Waals surface area contributed by atoms with Crippen molar-refractivity contribution in [1.82, 2.24) is 4.90 Å². The number of ketones is 2. The minimum absolute atomic E-state index is 0.0546. The summed E-state index contributed by atoms with van der Waals surface area (Å²) in [7, 11) is -1.44. The van der Waals surface area contributed by atoms with E-state index in [-0.39, 0.29) is 11.8 Å². The average Bonchev–Trinajstić information content (AvgIpc) is 3.22. The fourth-order valence-electron chi connectivity index (χ4n) is 8.99. The van der Waals surface area contributed by atoms with Gasteiger partial charge in [0, 0.05) is 38.4 Å². The zero-order valence-corrected chi connectivity index (χ0v) is 43.6. The van der Waals surface area contributed by atoms with Gasteiger partial charge in [-0.3, -0.25) is 18.7 Å². The molecule has 11 heteroatoms. The van der Waals surface area contributed by atoms with Crippen molar-refractivity contribution in [3.8, 4) is 0 Å². The van der Waals surface area contributed by atoms with Crippen LogP contribution in [0.1, 0.15) is 247 Å². The Morgan fingerprint density at radius 3 is 1.11 bits per heavy atom. The van der Waals surface area contributed by atoms with Crippen LogP contribution in [-0.4, -0.2) is 110 Å². The lowest BCUT2D eigenvalue weighted by atomic mass is 9.98. The van der Waals surface area contributed by atoms with E-state index in [0.717, 1.165) is 45.9 Å². The van der Waals surface area contributed by atoms with Crippen molar-refractivity contribution < 1.29 is 41.4 Å². The molecule has 0 aliphatic carbocycles. The van der Waals surface area contributed by atoms with Crippen LogP contribution in [0, 0.1) is 11.8 Å². The number of rotatable bonds is 46. The molecule has 0 heterocycles. The molecule has 0 aliphatic rings. The number of nitrogens with zero attached hydrogens (tertiary/aromatic N) is 2. The van der Waals surface area contributed by atoms with Crippen molar-refractivity contribution in [2.75, 3.05) is 53.4 Å². The maximum absolute atomic E-state index is 13.2. The lowest BCUT2D eigenvalue weighted by Crippen LogP contribution is -2.55. The van der Waals surface area contributed by atoms with Crippen LogP contribution in [0.15, 0.2) is 0 Å². The molecule has 0 saturated carbocycles. The molecule has 0 aromatic heterocycles. The summed E-state index contributed by atoms with van der Waals surface area (Å²) in [5, 5.41) is 20.8. The lowest BCUT2D eigenvalue weighted by molar-refractivity contribution is -0.913. The second-order valence-electron chi connectivity index (χ2n) is 19.9. The van der Waals surface area contributed by atoms with Crippen molar-refractivity contribution in [2.45, 2.75) is 259 Å². The molecule has 5 atom stereocenters. The van der Waals surface area contributed by atoms with Crippen LogP contribution >= 0.6 is 0 Å². The Hall–Kier alpha value is -0.950. The monoisotopic (exact) mass is 919 g/mol. The van der Waals surface area contributed by atoms with Gasteiger partial charge in [-0.05, 0) is 26.7 Å². The molecule has 5 unspecified atom stereocenters. The molecule has 0 spiro atoms. The summed E-state index contributed by atoms with van der Waals surface area (Å²) in [5.41, 5.74) is 0. The van der Waals surface area contributed by atoms with Gasteiger partial charge in [0.15, 0.2) is 0 Å². The molecule has 2 N–H and O–H groups in total. The molecule has 63 heavy (non-hydrogen) atoms. The van der Waals surface area contributed by atoms with Crippen LogP contribution in [0.25, 0.3) is 0 Å². The second-order valence-corrected chi connectivity index (χ2v) is 21.0. The summed E-state index contributed by atoms with van der Waals surface area (Å²) in [6, 6.07) is 0. The van der Waals surface area contributed by atoms with E-state index >= 15 is 0 Å². The molecule has 0 saturated heterocycles. The van der Waals surface area contributed by atoms with Crippen LogP contribution in [0.2, 0.25) is 0 Å². The first-order valence-corrected chi connectivity index (χ1v) is 27.8. The molecular weight excluding hydrogens is 813 g/mol. The Morgan fingerprint density at radius 1 is 0.524 bits per heavy atom. The minimum atomic E-state index is -4.41. The molecule has 0 radical (unpaired) electrons. The first-order valence-electron chi connectivity index (χ1n) is 26.5. The topological polar surface area (TPSA) is 144 Å². The number of Topliss-reactive ketones (excluding diaryl/α,β-unsaturated/α-hetero) is 2. The van der Waals surface area contributed by atoms with E-state index in [9.17, 15) is 32.8 Å². The summed E-state index contributed by atoms with van der Waals surface area (Å²) < 4.78 is 31.6. The second kappa shape index (κ2) is 43.6. The zero-order valence-electron chi connectivity index (χ0n) is 42.8. The predicted molar refractivity (Wildman–Crippen MR) is 265 cm³/mol. The predicted octanol–water partition coefficient (Wildman–Crippen LogP) is 12.5. The van der Waals surface area contributed by atoms with E-state index in [1.807, 2.05) is 20.8 Å². The summed E-state index contributed by atoms with van der Waals surface area (Å²) >= 11 is 0. The normalized spacial score (nSPS) is 14.8. The van der Waals surface area contributed by atoms with Crippen molar-refractivity contribution in [1.29, 1.82) is 0 Å². The summed E-state index contributed by atoms with van der Waals surface area (Å²) in [4.78, 5) is 28.6. The summed E-state index contributed by atoms with van der Waals surface area (Å²) in [6.07, 6.45) is 40.1. The van der Waals surface area contributed by atoms with Gasteiger partial charge in [0.2, 0.25) is 10.4 Å². The number of carbonyl (C=O) groups excluding carboxylic acids is 2. The molecule has 10 nitrogen and oxygen atoms in total. The van der Waals surface area contributed by atoms with E-state index in [1.54, 1.807) is 0 Å². The van der Waals surface area contributed by atoms with Gasteiger partial charge in [-0.25, -0.2) is 8.42 Å². The fourth-order valence-corrected chi connectivity index (χ4v) is 8.99. The summed E-state index contributed by atoms with van der Waals surface area (Å²) in [6.45, 7) is 16.3. The van der Waals surface area contributed by atoms with Gasteiger partial charge in [0.25, 0.3) is 0 Å². The minimum Gasteiger partial charge on any atom is -0.726 e. The number of quaternary nitrogens is 1. The fraction of sp³-hybridized carbons (Fsp3) is 0.962. The molecular formula is C52H106N2O8S. The highest BCUT2D eigenvalue weighted by molar-refractivity contribution is 7.80. The van der Waals surface area contributed by atoms with Crippen molar-refractivity contribution in [3.05, 3.63) is 0 Å². The number of carbonyl (C=O) groups is 2. The Morgan fingerprint density at radius 2 is 0.825 bits per heavy atom. The van der Waals surface area contributed by atoms with Gasteiger partial charge >= 0.3 is 0 Å². The lowest BCUT2D eigenvalue weighted by Gasteiger charge is -2.39. The molecule has 0 amide bonds. The third kappa shape index (κ3) is 46.0. The van der Waals surface area contributed by atoms with Crippen LogP contribution in [0.4, 0.5) is 0 Å². The Balaban J connectivity index is 0. The maximum atomic E-state index is 13.2. The number of likely N-dealkylation sites (N-methyl/N-ethyl adjacent to an activating group) is 1. The molecule has 0 aromatic carbocycles. The van der Waals surface area contributed by atoms with Gasteiger partial charge < -0.3 is 19.2 Å². The van der Waals surface area contributed by atoms with Gasteiger partial charge in [-0.15, -0.1) is 0 Å². The molecule has 0 fully saturated rings. The third-order valence-electron chi connectivity index (χ3n) is 12.8. The van der Waals surface area contributed by atoms with E-state index in [0.29, 0.717) is 55.1 Å². The highest BCUT2D eigenvalue weighted by Gasteiger charge is 2.30. The molecule has 0 aliphatic heterocycles. The van der Waals surface area contributed by atoms with Gasteiger partial charge in [-0.2, -0.15) is 0 Å². The number of unbranched alkanes of at least 4 members (excludes halogenated alkanes) is 28. The van der Waals surface area contributed by atoms with Crippen molar-refractivity contribution >= 4 is 22.0 Å². The first-order chi connectivity index (χ1) is 30.0. The van der Waals surface area contributed by atoms with Crippen LogP contribution in [0.5, 0.6) is 0 Å². The number of hydrogen-bond donors (Lipinski definition) is 2. The third-order valence-corrected chi connectivity index (χ3v) is 13.2. The van der Waals surface area contributed by atoms with E-state index in [1.165, 1.54) is 167 Å². The Bertz CT molecular complexity index is 1140. The quantitative estimate of drug-likeness (QED) is 0.0264. The number of aliphatic hydroxyl groups excluding tert-OH is 2. The van der Waals surface area contributed by atoms with Crippen LogP contribution in [0.3, 0.4) is 0 Å². The van der Waals surface area contributed by atoms with Crippen molar-refractivity contribution in [2.24, 2.45) is 11.8 Å². The van der Waals surface area contributed by atoms with Gasteiger partial charge in [-0.1, -0.05) is 207 Å². The van der Waals surface area contributed by atoms with E-state index in [2.05, 4.69) is 36.9 Å². The molecule has 0 bridgehead atoms. The average molecular weight is 919 g/mol. The van der Waals surface area contributed by atoms with Gasteiger partial charge in [0.1, 0.15) is 24.2 Å². The van der Waals surface area contributed by atoms with Crippen molar-refractivity contribution in [3.63, 3.8) is 0 Å².